The van der Waals surface area contributed by atoms with Gasteiger partial charge in [-0.1, -0.05) is 30.7 Å². The van der Waals surface area contributed by atoms with E-state index in [0.717, 1.165) is 17.7 Å². The van der Waals surface area contributed by atoms with Crippen LogP contribution in [0.1, 0.15) is 35.5 Å². The Morgan fingerprint density at radius 2 is 2.00 bits per heavy atom. The van der Waals surface area contributed by atoms with Crippen LogP contribution in [-0.2, 0) is 17.7 Å². The number of aromatic nitrogens is 2. The van der Waals surface area contributed by atoms with E-state index in [0.29, 0.717) is 23.7 Å². The minimum Gasteiger partial charge on any atom is -0.462 e. The highest BCUT2D eigenvalue weighted by atomic mass is 35.5. The number of benzene rings is 1. The van der Waals surface area contributed by atoms with Crippen LogP contribution >= 0.6 is 11.6 Å². The third-order valence-corrected chi connectivity index (χ3v) is 3.28. The molecule has 0 aliphatic carbocycles. The monoisotopic (exact) mass is 292 g/mol. The van der Waals surface area contributed by atoms with Crippen LogP contribution in [0.25, 0.3) is 0 Å². The predicted octanol–water partition coefficient (Wildman–Crippen LogP) is 3.32. The summed E-state index contributed by atoms with van der Waals surface area (Å²) in [7, 11) is 0. The molecule has 0 radical (unpaired) electrons. The van der Waals surface area contributed by atoms with Crippen molar-refractivity contribution in [1.29, 1.82) is 0 Å². The summed E-state index contributed by atoms with van der Waals surface area (Å²) in [5, 5.41) is 5.00. The van der Waals surface area contributed by atoms with E-state index in [1.165, 1.54) is 0 Å². The van der Waals surface area contributed by atoms with E-state index in [9.17, 15) is 4.79 Å². The van der Waals surface area contributed by atoms with Gasteiger partial charge in [-0.15, -0.1) is 0 Å². The summed E-state index contributed by atoms with van der Waals surface area (Å²) in [4.78, 5) is 11.8. The summed E-state index contributed by atoms with van der Waals surface area (Å²) in [5.41, 5.74) is 2.52. The van der Waals surface area contributed by atoms with Gasteiger partial charge in [-0.3, -0.25) is 4.68 Å². The van der Waals surface area contributed by atoms with E-state index in [-0.39, 0.29) is 5.97 Å². The second-order valence-electron chi connectivity index (χ2n) is 4.36. The van der Waals surface area contributed by atoms with Crippen LogP contribution in [0.3, 0.4) is 0 Å². The van der Waals surface area contributed by atoms with Crippen LogP contribution in [0.2, 0.25) is 5.02 Å². The maximum Gasteiger partial charge on any atom is 0.341 e. The van der Waals surface area contributed by atoms with Gasteiger partial charge in [0.1, 0.15) is 5.56 Å². The van der Waals surface area contributed by atoms with Crippen LogP contribution in [0.15, 0.2) is 30.5 Å². The smallest absolute Gasteiger partial charge is 0.341 e. The van der Waals surface area contributed by atoms with Crippen LogP contribution in [-0.4, -0.2) is 22.4 Å². The number of ether oxygens (including phenoxy) is 1. The average Bonchev–Trinajstić information content (AvgIpc) is 2.84. The lowest BCUT2D eigenvalue weighted by molar-refractivity contribution is 0.0525. The number of carbonyl (C=O) groups is 1. The molecule has 20 heavy (non-hydrogen) atoms. The number of halogens is 1. The molecule has 0 N–H and O–H groups in total. The first-order valence-electron chi connectivity index (χ1n) is 6.62. The van der Waals surface area contributed by atoms with Gasteiger partial charge in [-0.25, -0.2) is 4.79 Å². The topological polar surface area (TPSA) is 44.1 Å². The van der Waals surface area contributed by atoms with Crippen LogP contribution in [0.4, 0.5) is 0 Å². The summed E-state index contributed by atoms with van der Waals surface area (Å²) >= 11 is 5.87. The second kappa shape index (κ2) is 6.57. The Morgan fingerprint density at radius 1 is 1.30 bits per heavy atom. The summed E-state index contributed by atoms with van der Waals surface area (Å²) in [6.07, 6.45) is 2.30. The van der Waals surface area contributed by atoms with Gasteiger partial charge in [-0.05, 0) is 31.0 Å². The fraction of sp³-hybridized carbons (Fsp3) is 0.333. The molecule has 0 saturated carbocycles. The van der Waals surface area contributed by atoms with Crippen molar-refractivity contribution in [1.82, 2.24) is 9.78 Å². The van der Waals surface area contributed by atoms with E-state index in [1.807, 2.05) is 35.9 Å². The largest absolute Gasteiger partial charge is 0.462 e. The Bertz CT molecular complexity index is 590. The van der Waals surface area contributed by atoms with Gasteiger partial charge in [0.15, 0.2) is 0 Å². The summed E-state index contributed by atoms with van der Waals surface area (Å²) < 4.78 is 6.87. The van der Waals surface area contributed by atoms with Gasteiger partial charge in [-0.2, -0.15) is 5.10 Å². The van der Waals surface area contributed by atoms with Crippen molar-refractivity contribution in [3.05, 3.63) is 52.3 Å². The third-order valence-electron chi connectivity index (χ3n) is 3.02. The molecule has 2 rings (SSSR count). The van der Waals surface area contributed by atoms with E-state index in [4.69, 9.17) is 16.3 Å². The molecule has 0 atom stereocenters. The van der Waals surface area contributed by atoms with E-state index in [2.05, 4.69) is 5.10 Å². The average molecular weight is 293 g/mol. The first kappa shape index (κ1) is 14.6. The Hall–Kier alpha value is -1.81. The molecule has 1 aromatic carbocycles. The quantitative estimate of drug-likeness (QED) is 0.794. The molecule has 0 saturated heterocycles. The molecule has 0 bridgehead atoms. The number of rotatable bonds is 5. The first-order chi connectivity index (χ1) is 9.65. The van der Waals surface area contributed by atoms with Gasteiger partial charge in [0.05, 0.1) is 25.0 Å². The minimum absolute atomic E-state index is 0.313. The summed E-state index contributed by atoms with van der Waals surface area (Å²) in [5.74, 6) is -0.313. The molecule has 1 aromatic heterocycles. The minimum atomic E-state index is -0.313. The number of nitrogens with zero attached hydrogens (tertiary/aromatic N) is 2. The van der Waals surface area contributed by atoms with Crippen LogP contribution < -0.4 is 0 Å². The molecule has 0 aliphatic heterocycles. The third kappa shape index (κ3) is 3.20. The zero-order chi connectivity index (χ0) is 14.5. The SMILES string of the molecule is CCOC(=O)c1cnn(Cc2ccc(Cl)cc2)c1CC. The maximum absolute atomic E-state index is 11.8. The summed E-state index contributed by atoms with van der Waals surface area (Å²) in [6, 6.07) is 7.59. The number of esters is 1. The Labute approximate surface area is 123 Å². The Kier molecular flexibility index (Phi) is 4.79. The molecule has 2 aromatic rings. The predicted molar refractivity (Wildman–Crippen MR) is 78.1 cm³/mol. The molecule has 0 fully saturated rings. The van der Waals surface area contributed by atoms with Gasteiger partial charge >= 0.3 is 5.97 Å². The van der Waals surface area contributed by atoms with Crippen molar-refractivity contribution in [2.45, 2.75) is 26.8 Å². The number of hydrogen-bond acceptors (Lipinski definition) is 3. The molecule has 0 aliphatic rings. The zero-order valence-electron chi connectivity index (χ0n) is 11.6. The first-order valence-corrected chi connectivity index (χ1v) is 6.99. The number of hydrogen-bond donors (Lipinski definition) is 0. The van der Waals surface area contributed by atoms with E-state index < -0.39 is 0 Å². The standard InChI is InChI=1S/C15H17ClN2O2/c1-3-14-13(15(19)20-4-2)9-17-18(14)10-11-5-7-12(16)8-6-11/h5-9H,3-4,10H2,1-2H3. The molecule has 0 spiro atoms. The number of carbonyl (C=O) groups excluding carboxylic acids is 1. The van der Waals surface area contributed by atoms with Crippen molar-refractivity contribution >= 4 is 17.6 Å². The highest BCUT2D eigenvalue weighted by Crippen LogP contribution is 2.15. The van der Waals surface area contributed by atoms with Gasteiger partial charge < -0.3 is 4.74 Å². The maximum atomic E-state index is 11.8. The molecular weight excluding hydrogens is 276 g/mol. The Morgan fingerprint density at radius 3 is 2.60 bits per heavy atom. The molecule has 106 valence electrons. The Balaban J connectivity index is 2.24. The van der Waals surface area contributed by atoms with Crippen molar-refractivity contribution < 1.29 is 9.53 Å². The van der Waals surface area contributed by atoms with E-state index >= 15 is 0 Å². The normalized spacial score (nSPS) is 10.6. The molecular formula is C15H17ClN2O2. The molecule has 0 amide bonds. The van der Waals surface area contributed by atoms with Gasteiger partial charge in [0.25, 0.3) is 0 Å². The lowest BCUT2D eigenvalue weighted by Gasteiger charge is -2.08. The molecule has 4 nitrogen and oxygen atoms in total. The fourth-order valence-corrected chi connectivity index (χ4v) is 2.19. The van der Waals surface area contributed by atoms with Crippen molar-refractivity contribution in [2.75, 3.05) is 6.61 Å². The van der Waals surface area contributed by atoms with E-state index in [1.54, 1.807) is 13.1 Å². The van der Waals surface area contributed by atoms with Crippen LogP contribution in [0, 0.1) is 0 Å². The van der Waals surface area contributed by atoms with Gasteiger partial charge in [0.2, 0.25) is 0 Å². The molecule has 0 unspecified atom stereocenters. The second-order valence-corrected chi connectivity index (χ2v) is 4.80. The summed E-state index contributed by atoms with van der Waals surface area (Å²) in [6.45, 7) is 4.77. The highest BCUT2D eigenvalue weighted by molar-refractivity contribution is 6.30. The molecule has 1 heterocycles. The zero-order valence-corrected chi connectivity index (χ0v) is 12.4. The lowest BCUT2D eigenvalue weighted by atomic mass is 10.2. The van der Waals surface area contributed by atoms with Crippen LogP contribution in [0.5, 0.6) is 0 Å². The fourth-order valence-electron chi connectivity index (χ4n) is 2.06. The van der Waals surface area contributed by atoms with Gasteiger partial charge in [0, 0.05) is 5.02 Å². The van der Waals surface area contributed by atoms with Crippen molar-refractivity contribution in [3.63, 3.8) is 0 Å². The lowest BCUT2D eigenvalue weighted by Crippen LogP contribution is -2.10. The van der Waals surface area contributed by atoms with Crippen molar-refractivity contribution in [3.8, 4) is 0 Å². The molecule has 5 heteroatoms. The highest BCUT2D eigenvalue weighted by Gasteiger charge is 2.17. The van der Waals surface area contributed by atoms with Crippen molar-refractivity contribution in [2.24, 2.45) is 0 Å².